The van der Waals surface area contributed by atoms with Crippen molar-refractivity contribution >= 4 is 10.8 Å². The summed E-state index contributed by atoms with van der Waals surface area (Å²) in [4.78, 5) is 0. The molecule has 0 saturated heterocycles. The molecule has 0 radical (unpaired) electrons. The Morgan fingerprint density at radius 3 is 0.556 bits per heavy atom. The molecule has 36 rings (SSSR count). The highest BCUT2D eigenvalue weighted by Gasteiger charge is 2.37. The third-order valence-corrected chi connectivity index (χ3v) is 34.1. The van der Waals surface area contributed by atoms with Crippen LogP contribution in [-0.2, 0) is 89.9 Å². The minimum atomic E-state index is 1.08. The van der Waals surface area contributed by atoms with E-state index in [1.165, 1.54) is 300 Å². The maximum absolute atomic E-state index is 2.44. The second-order valence-electron chi connectivity index (χ2n) is 41.8. The van der Waals surface area contributed by atoms with E-state index in [9.17, 15) is 0 Å². The third-order valence-electron chi connectivity index (χ3n) is 34.1. The molecule has 676 valence electrons. The van der Waals surface area contributed by atoms with Crippen molar-refractivity contribution in [1.82, 2.24) is 0 Å². The fraction of sp³-hybridized carbons (Fsp3) is 0.0972. The average molecular weight is 1830 g/mol. The van der Waals surface area contributed by atoms with Gasteiger partial charge in [-0.15, -0.1) is 0 Å². The molecule has 0 aliphatic heterocycles. The van der Waals surface area contributed by atoms with Crippen molar-refractivity contribution < 1.29 is 0 Å². The molecule has 144 heavy (non-hydrogen) atoms. The van der Waals surface area contributed by atoms with Crippen molar-refractivity contribution in [2.24, 2.45) is 0 Å². The van der Waals surface area contributed by atoms with E-state index in [1.807, 2.05) is 0 Å². The smallest absolute Gasteiger partial charge is 0.000718 e. The van der Waals surface area contributed by atoms with Gasteiger partial charge in [0.2, 0.25) is 0 Å². The molecule has 0 spiro atoms. The Hall–Kier alpha value is -16.9. The summed E-state index contributed by atoms with van der Waals surface area (Å²) in [7, 11) is 0. The molecule has 22 aromatic carbocycles. The summed E-state index contributed by atoms with van der Waals surface area (Å²) in [5.41, 5.74) is 82.5. The second kappa shape index (κ2) is 33.4. The lowest BCUT2D eigenvalue weighted by atomic mass is 9.89. The zero-order chi connectivity index (χ0) is 94.3. The van der Waals surface area contributed by atoms with Gasteiger partial charge in [-0.3, -0.25) is 0 Å². The summed E-state index contributed by atoms with van der Waals surface area (Å²) < 4.78 is 0. The van der Waals surface area contributed by atoms with Gasteiger partial charge in [0, 0.05) is 0 Å². The van der Waals surface area contributed by atoms with Crippen LogP contribution < -0.4 is 0 Å². The highest BCUT2D eigenvalue weighted by Crippen LogP contribution is 2.57. The molecule has 14 aliphatic carbocycles. The number of benzene rings is 22. The fourth-order valence-electron chi connectivity index (χ4n) is 27.7. The number of hydrogen-bond donors (Lipinski definition) is 0. The van der Waals surface area contributed by atoms with Gasteiger partial charge in [-0.2, -0.15) is 0 Å². The molecular weight excluding hydrogens is 1730 g/mol. The van der Waals surface area contributed by atoms with Crippen LogP contribution in [0.1, 0.15) is 156 Å². The maximum atomic E-state index is 2.44. The topological polar surface area (TPSA) is 0 Å². The first kappa shape index (κ1) is 82.9. The Kier molecular flexibility index (Phi) is 19.2. The molecule has 0 heterocycles. The molecule has 0 saturated carbocycles. The van der Waals surface area contributed by atoms with Crippen LogP contribution >= 0.6 is 0 Å². The predicted octanol–water partition coefficient (Wildman–Crippen LogP) is 35.0. The van der Waals surface area contributed by atoms with E-state index < -0.39 is 0 Å². The first-order valence-electron chi connectivity index (χ1n) is 52.0. The fourth-order valence-corrected chi connectivity index (χ4v) is 27.7. The molecule has 0 bridgehead atoms. The van der Waals surface area contributed by atoms with Crippen LogP contribution in [0.15, 0.2) is 437 Å². The van der Waals surface area contributed by atoms with Crippen LogP contribution in [0, 0.1) is 0 Å². The summed E-state index contributed by atoms with van der Waals surface area (Å²) in [6, 6.07) is 161. The zero-order valence-electron chi connectivity index (χ0n) is 80.5. The number of fused-ring (bicyclic) bond motifs is 50. The average Bonchev–Trinajstić information content (AvgIpc) is 1.55. The SMILES string of the molecule is c1ccc2c(c1)Cc1c-2ccc2c1-c1ccccc1C2.c1ccc2c(c1)Cc1c-2ccc2c1-c1ccccc1C2.c1ccc2c(c1)Cc1c-2ccc2c1Cc1ccccc1-2.c1ccc2c(c1)Cc1c3c(c4ccccc4c1-2)-c1ccccc1C3.c1ccc2c(c1)Cc1cc3c(cc1-2)-c1ccccc1C3.c1ccc2c(c1)Cc1cc3c(cc1-2)Cc1ccccc1-3.c1ccc2c(c1)Cc1ccc3c(c1-2)-c1ccccc1C3. The maximum Gasteiger partial charge on any atom is -0.000718 e. The molecule has 0 amide bonds. The van der Waals surface area contributed by atoms with Crippen molar-refractivity contribution in [2.75, 3.05) is 0 Å². The molecule has 0 aromatic heterocycles. The lowest BCUT2D eigenvalue weighted by Crippen LogP contribution is -1.93. The Balaban J connectivity index is 0.0000000783. The monoisotopic (exact) mass is 1830 g/mol. The summed E-state index contributed by atoms with van der Waals surface area (Å²) >= 11 is 0. The lowest BCUT2D eigenvalue weighted by molar-refractivity contribution is 1.16. The lowest BCUT2D eigenvalue weighted by Gasteiger charge is -2.14. The van der Waals surface area contributed by atoms with Gasteiger partial charge in [-0.25, -0.2) is 0 Å². The summed E-state index contributed by atoms with van der Waals surface area (Å²) in [6.07, 6.45) is 15.2. The molecule has 0 nitrogen and oxygen atoms in total. The van der Waals surface area contributed by atoms with Crippen LogP contribution in [0.2, 0.25) is 0 Å². The van der Waals surface area contributed by atoms with E-state index in [-0.39, 0.29) is 0 Å². The Morgan fingerprint density at radius 1 is 0.0833 bits per heavy atom. The van der Waals surface area contributed by atoms with Gasteiger partial charge < -0.3 is 0 Å². The quantitative estimate of drug-likeness (QED) is 0.142. The van der Waals surface area contributed by atoms with Gasteiger partial charge in [0.15, 0.2) is 0 Å². The van der Waals surface area contributed by atoms with Crippen LogP contribution in [0.3, 0.4) is 0 Å². The molecule has 0 atom stereocenters. The summed E-state index contributed by atoms with van der Waals surface area (Å²) in [5, 5.41) is 2.82. The third kappa shape index (κ3) is 13.3. The minimum Gasteiger partial charge on any atom is -0.0619 e. The van der Waals surface area contributed by atoms with Crippen molar-refractivity contribution in [3.63, 3.8) is 0 Å². The van der Waals surface area contributed by atoms with Crippen molar-refractivity contribution in [3.05, 3.63) is 593 Å². The van der Waals surface area contributed by atoms with Gasteiger partial charge in [-0.05, 0) is 430 Å². The minimum absolute atomic E-state index is 1.08. The number of hydrogen-bond acceptors (Lipinski definition) is 0. The van der Waals surface area contributed by atoms with Crippen LogP contribution in [-0.4, -0.2) is 0 Å². The zero-order valence-corrected chi connectivity index (χ0v) is 80.5. The molecule has 0 unspecified atom stereocenters. The Morgan fingerprint density at radius 2 is 0.257 bits per heavy atom. The first-order chi connectivity index (χ1) is 71.4. The molecular formula is C144H100. The molecule has 22 aromatic rings. The Bertz CT molecular complexity index is 8700. The van der Waals surface area contributed by atoms with Crippen molar-refractivity contribution in [1.29, 1.82) is 0 Å². The standard InChI is InChI=1S/C24H16.6C20H14/c1-3-9-17-15(7-1)13-21-22-14-16-8-2-4-10-18(16)24(22)20-12-6-5-11-19(20)23(17)21;2*1-3-7-16-14(6-1)12-19-18(16)10-9-15-11-13-5-2-4-8-17(13)20(15)19;1-3-7-17-13(5-1)9-15-11-20-16(12-19(15)17)10-14-6-2-4-8-18(14)20;1-3-7-17-13(5-1)9-15-11-16-10-14-6-2-4-8-18(14)20(16)12-19(15)17;1-3-7-17-13(5-1)11-15-9-10-16-12-14-6-2-4-8-18(14)20(16)19(15)17;1-3-7-15-13(5-1)11-19-17(15)9-10-18-16-8-4-2-6-14(16)12-20(18)19/h1-12H,13-14H2;2*1-10H,11-12H2;2*1-8,11-12H,9-10H2;2*1-10H,11-12H2. The van der Waals surface area contributed by atoms with E-state index in [1.54, 1.807) is 22.3 Å². The molecule has 14 aliphatic rings. The van der Waals surface area contributed by atoms with E-state index in [2.05, 4.69) is 437 Å². The van der Waals surface area contributed by atoms with Crippen molar-refractivity contribution in [3.8, 4) is 156 Å². The molecule has 0 fully saturated rings. The second-order valence-corrected chi connectivity index (χ2v) is 41.8. The van der Waals surface area contributed by atoms with E-state index >= 15 is 0 Å². The van der Waals surface area contributed by atoms with E-state index in [0.29, 0.717) is 0 Å². The van der Waals surface area contributed by atoms with Crippen LogP contribution in [0.25, 0.3) is 167 Å². The van der Waals surface area contributed by atoms with Gasteiger partial charge in [-0.1, -0.05) is 419 Å². The van der Waals surface area contributed by atoms with Gasteiger partial charge in [0.1, 0.15) is 0 Å². The predicted molar refractivity (Wildman–Crippen MR) is 598 cm³/mol. The van der Waals surface area contributed by atoms with E-state index in [0.717, 1.165) is 89.9 Å². The summed E-state index contributed by atoms with van der Waals surface area (Å²) in [5.74, 6) is 0. The van der Waals surface area contributed by atoms with Crippen LogP contribution in [0.4, 0.5) is 0 Å². The highest BCUT2D eigenvalue weighted by molar-refractivity contribution is 6.12. The highest BCUT2D eigenvalue weighted by atomic mass is 14.4. The Labute approximate surface area is 842 Å². The first-order valence-corrected chi connectivity index (χ1v) is 52.0. The largest absolute Gasteiger partial charge is 0.0619 e. The van der Waals surface area contributed by atoms with Crippen molar-refractivity contribution in [2.45, 2.75) is 89.9 Å². The van der Waals surface area contributed by atoms with E-state index in [4.69, 9.17) is 0 Å². The molecule has 0 N–H and O–H groups in total. The summed E-state index contributed by atoms with van der Waals surface area (Å²) in [6.45, 7) is 0. The molecule has 0 heteroatoms. The van der Waals surface area contributed by atoms with Gasteiger partial charge in [0.25, 0.3) is 0 Å². The van der Waals surface area contributed by atoms with Gasteiger partial charge in [0.05, 0.1) is 0 Å². The van der Waals surface area contributed by atoms with Crippen LogP contribution in [0.5, 0.6) is 0 Å². The number of rotatable bonds is 0. The van der Waals surface area contributed by atoms with Gasteiger partial charge >= 0.3 is 0 Å². The normalized spacial score (nSPS) is 13.6.